The quantitative estimate of drug-likeness (QED) is 0.802. The van der Waals surface area contributed by atoms with Crippen LogP contribution < -0.4 is 4.74 Å². The molecule has 0 aliphatic carbocycles. The number of piperidine rings is 1. The fraction of sp³-hybridized carbons (Fsp3) is 0.435. The second-order valence-electron chi connectivity index (χ2n) is 7.50. The van der Waals surface area contributed by atoms with Crippen LogP contribution in [0.4, 0.5) is 0 Å². The summed E-state index contributed by atoms with van der Waals surface area (Å²) >= 11 is 0. The molecule has 4 rings (SSSR count). The second kappa shape index (κ2) is 8.13. The van der Waals surface area contributed by atoms with Gasteiger partial charge in [-0.15, -0.1) is 0 Å². The third kappa shape index (κ3) is 4.01. The molecule has 2 aromatic rings. The van der Waals surface area contributed by atoms with Crippen molar-refractivity contribution in [3.8, 4) is 16.9 Å². The molecule has 2 aromatic carbocycles. The zero-order valence-corrected chi connectivity index (χ0v) is 16.1. The summed E-state index contributed by atoms with van der Waals surface area (Å²) in [7, 11) is 0. The predicted molar refractivity (Wildman–Crippen MR) is 108 cm³/mol. The SMILES string of the molecule is CCOc1cccc(-c2cccc(C(=O)N3CC(N4CCCCC4)C3)c2)c1. The Labute approximate surface area is 161 Å². The van der Waals surface area contributed by atoms with E-state index in [0.29, 0.717) is 12.6 Å². The number of hydrogen-bond donors (Lipinski definition) is 0. The van der Waals surface area contributed by atoms with Gasteiger partial charge in [0, 0.05) is 24.7 Å². The first-order chi connectivity index (χ1) is 13.2. The van der Waals surface area contributed by atoms with Crippen molar-refractivity contribution in [1.82, 2.24) is 9.80 Å². The van der Waals surface area contributed by atoms with Crippen molar-refractivity contribution in [2.75, 3.05) is 32.8 Å². The van der Waals surface area contributed by atoms with E-state index in [2.05, 4.69) is 17.0 Å². The van der Waals surface area contributed by atoms with Crippen LogP contribution in [-0.2, 0) is 0 Å². The van der Waals surface area contributed by atoms with Gasteiger partial charge in [0.25, 0.3) is 5.91 Å². The first kappa shape index (κ1) is 18.1. The molecule has 2 fully saturated rings. The Morgan fingerprint density at radius 2 is 1.70 bits per heavy atom. The Hall–Kier alpha value is -2.33. The molecule has 2 aliphatic heterocycles. The van der Waals surface area contributed by atoms with Crippen molar-refractivity contribution in [2.24, 2.45) is 0 Å². The molecule has 0 unspecified atom stereocenters. The summed E-state index contributed by atoms with van der Waals surface area (Å²) in [5.74, 6) is 1.00. The monoisotopic (exact) mass is 364 g/mol. The molecule has 2 heterocycles. The third-order valence-electron chi connectivity index (χ3n) is 5.64. The molecule has 0 radical (unpaired) electrons. The Morgan fingerprint density at radius 3 is 2.44 bits per heavy atom. The van der Waals surface area contributed by atoms with Crippen LogP contribution in [0, 0.1) is 0 Å². The van der Waals surface area contributed by atoms with Crippen molar-refractivity contribution in [1.29, 1.82) is 0 Å². The first-order valence-corrected chi connectivity index (χ1v) is 10.1. The van der Waals surface area contributed by atoms with Gasteiger partial charge in [-0.2, -0.15) is 0 Å². The highest BCUT2D eigenvalue weighted by Gasteiger charge is 2.35. The highest BCUT2D eigenvalue weighted by Crippen LogP contribution is 2.26. The van der Waals surface area contributed by atoms with Gasteiger partial charge in [0.1, 0.15) is 5.75 Å². The topological polar surface area (TPSA) is 32.8 Å². The zero-order valence-electron chi connectivity index (χ0n) is 16.1. The van der Waals surface area contributed by atoms with Crippen LogP contribution >= 0.6 is 0 Å². The molecule has 0 atom stereocenters. The fourth-order valence-electron chi connectivity index (χ4n) is 4.08. The highest BCUT2D eigenvalue weighted by atomic mass is 16.5. The lowest BCUT2D eigenvalue weighted by molar-refractivity contribution is 0.0203. The standard InChI is InChI=1S/C23H28N2O2/c1-2-27-22-11-7-9-19(15-22)18-8-6-10-20(14-18)23(26)25-16-21(17-25)24-12-4-3-5-13-24/h6-11,14-15,21H,2-5,12-13,16-17H2,1H3. The number of carbonyl (C=O) groups excluding carboxylic acids is 1. The Bertz CT molecular complexity index is 792. The van der Waals surface area contributed by atoms with E-state index in [4.69, 9.17) is 4.74 Å². The lowest BCUT2D eigenvalue weighted by Gasteiger charge is -2.46. The molecule has 2 saturated heterocycles. The van der Waals surface area contributed by atoms with Crippen molar-refractivity contribution in [2.45, 2.75) is 32.2 Å². The van der Waals surface area contributed by atoms with E-state index in [-0.39, 0.29) is 5.91 Å². The van der Waals surface area contributed by atoms with Gasteiger partial charge < -0.3 is 9.64 Å². The second-order valence-corrected chi connectivity index (χ2v) is 7.50. The number of carbonyl (C=O) groups is 1. The number of hydrogen-bond acceptors (Lipinski definition) is 3. The van der Waals surface area contributed by atoms with Gasteiger partial charge in [0.15, 0.2) is 0 Å². The molecule has 0 aromatic heterocycles. The van der Waals surface area contributed by atoms with Crippen LogP contribution in [0.2, 0.25) is 0 Å². The fourth-order valence-corrected chi connectivity index (χ4v) is 4.08. The minimum Gasteiger partial charge on any atom is -0.494 e. The van der Waals surface area contributed by atoms with Gasteiger partial charge in [-0.3, -0.25) is 9.69 Å². The first-order valence-electron chi connectivity index (χ1n) is 10.1. The number of nitrogens with zero attached hydrogens (tertiary/aromatic N) is 2. The molecular formula is C23H28N2O2. The summed E-state index contributed by atoms with van der Waals surface area (Å²) in [4.78, 5) is 17.4. The maximum Gasteiger partial charge on any atom is 0.253 e. The molecular weight excluding hydrogens is 336 g/mol. The van der Waals surface area contributed by atoms with Gasteiger partial charge in [-0.1, -0.05) is 30.7 Å². The molecule has 0 saturated carbocycles. The molecule has 1 amide bonds. The van der Waals surface area contributed by atoms with Gasteiger partial charge in [0.05, 0.1) is 6.61 Å². The summed E-state index contributed by atoms with van der Waals surface area (Å²) in [5.41, 5.74) is 2.90. The maximum atomic E-state index is 12.9. The Morgan fingerprint density at radius 1 is 1.00 bits per heavy atom. The minimum absolute atomic E-state index is 0.145. The van der Waals surface area contributed by atoms with Crippen molar-refractivity contribution in [3.05, 3.63) is 54.1 Å². The zero-order chi connectivity index (χ0) is 18.6. The van der Waals surface area contributed by atoms with Crippen LogP contribution in [0.5, 0.6) is 5.75 Å². The summed E-state index contributed by atoms with van der Waals surface area (Å²) in [6, 6.07) is 16.5. The van der Waals surface area contributed by atoms with Crippen molar-refractivity contribution >= 4 is 5.91 Å². The highest BCUT2D eigenvalue weighted by molar-refractivity contribution is 5.96. The van der Waals surface area contributed by atoms with Crippen LogP contribution in [0.1, 0.15) is 36.5 Å². The molecule has 0 spiro atoms. The molecule has 0 bridgehead atoms. The predicted octanol–water partition coefficient (Wildman–Crippen LogP) is 4.06. The van der Waals surface area contributed by atoms with Crippen molar-refractivity contribution < 1.29 is 9.53 Å². The van der Waals surface area contributed by atoms with E-state index < -0.39 is 0 Å². The van der Waals surface area contributed by atoms with Crippen LogP contribution in [0.15, 0.2) is 48.5 Å². The summed E-state index contributed by atoms with van der Waals surface area (Å²) in [5, 5.41) is 0. The number of amides is 1. The van der Waals surface area contributed by atoms with E-state index in [1.165, 1.54) is 32.4 Å². The lowest BCUT2D eigenvalue weighted by atomic mass is 9.99. The molecule has 27 heavy (non-hydrogen) atoms. The van der Waals surface area contributed by atoms with Crippen molar-refractivity contribution in [3.63, 3.8) is 0 Å². The van der Waals surface area contributed by atoms with Crippen LogP contribution in [0.25, 0.3) is 11.1 Å². The van der Waals surface area contributed by atoms with E-state index in [9.17, 15) is 4.79 Å². The smallest absolute Gasteiger partial charge is 0.253 e. The summed E-state index contributed by atoms with van der Waals surface area (Å²) in [6.07, 6.45) is 3.95. The third-order valence-corrected chi connectivity index (χ3v) is 5.64. The van der Waals surface area contributed by atoms with Crippen LogP contribution in [-0.4, -0.2) is 54.5 Å². The van der Waals surface area contributed by atoms with Gasteiger partial charge in [-0.05, 0) is 68.2 Å². The summed E-state index contributed by atoms with van der Waals surface area (Å²) in [6.45, 7) is 6.74. The average molecular weight is 364 g/mol. The Balaban J connectivity index is 1.43. The van der Waals surface area contributed by atoms with Crippen LogP contribution in [0.3, 0.4) is 0 Å². The lowest BCUT2D eigenvalue weighted by Crippen LogP contribution is -2.61. The maximum absolute atomic E-state index is 12.9. The van der Waals surface area contributed by atoms with Gasteiger partial charge >= 0.3 is 0 Å². The van der Waals surface area contributed by atoms with Gasteiger partial charge in [0.2, 0.25) is 0 Å². The molecule has 4 nitrogen and oxygen atoms in total. The van der Waals surface area contributed by atoms with E-state index >= 15 is 0 Å². The number of ether oxygens (including phenoxy) is 1. The van der Waals surface area contributed by atoms with E-state index in [1.807, 2.05) is 48.2 Å². The summed E-state index contributed by atoms with van der Waals surface area (Å²) < 4.78 is 5.60. The molecule has 4 heteroatoms. The molecule has 0 N–H and O–H groups in total. The molecule has 142 valence electrons. The van der Waals surface area contributed by atoms with E-state index in [0.717, 1.165) is 35.5 Å². The largest absolute Gasteiger partial charge is 0.494 e. The van der Waals surface area contributed by atoms with Gasteiger partial charge in [-0.25, -0.2) is 0 Å². The number of benzene rings is 2. The number of rotatable bonds is 5. The Kier molecular flexibility index (Phi) is 5.44. The number of likely N-dealkylation sites (tertiary alicyclic amines) is 2. The average Bonchev–Trinajstić information content (AvgIpc) is 2.68. The van der Waals surface area contributed by atoms with E-state index in [1.54, 1.807) is 0 Å². The molecule has 2 aliphatic rings. The normalized spacial score (nSPS) is 18.2. The minimum atomic E-state index is 0.145.